The Kier molecular flexibility index (Phi) is 5.99. The van der Waals surface area contributed by atoms with Gasteiger partial charge < -0.3 is 5.32 Å². The zero-order valence-corrected chi connectivity index (χ0v) is 15.6. The zero-order chi connectivity index (χ0) is 19.2. The molecule has 4 nitrogen and oxygen atoms in total. The highest BCUT2D eigenvalue weighted by Gasteiger charge is 2.18. The summed E-state index contributed by atoms with van der Waals surface area (Å²) >= 11 is 5.94. The summed E-state index contributed by atoms with van der Waals surface area (Å²) in [5.41, 5.74) is 3.22. The molecule has 1 amide bonds. The van der Waals surface area contributed by atoms with Gasteiger partial charge in [0.15, 0.2) is 0 Å². The Labute approximate surface area is 163 Å². The topological polar surface area (TPSA) is 59.1 Å². The van der Waals surface area contributed by atoms with Crippen LogP contribution in [0.4, 0.5) is 0 Å². The molecule has 1 aromatic heterocycles. The zero-order valence-electron chi connectivity index (χ0n) is 14.9. The lowest BCUT2D eigenvalue weighted by Crippen LogP contribution is -2.30. The van der Waals surface area contributed by atoms with E-state index in [1.165, 1.54) is 6.92 Å². The normalized spacial score (nSPS) is 11.6. The number of aromatic nitrogens is 1. The fourth-order valence-electron chi connectivity index (χ4n) is 2.85. The molecule has 0 aliphatic rings. The summed E-state index contributed by atoms with van der Waals surface area (Å²) in [6, 6.07) is 18.0. The van der Waals surface area contributed by atoms with Crippen molar-refractivity contribution >= 4 is 23.3 Å². The second kappa shape index (κ2) is 8.60. The lowest BCUT2D eigenvalue weighted by molar-refractivity contribution is -0.117. The summed E-state index contributed by atoms with van der Waals surface area (Å²) < 4.78 is 0. The third-order valence-electron chi connectivity index (χ3n) is 4.19. The monoisotopic (exact) mass is 378 g/mol. The molecule has 0 spiro atoms. The summed E-state index contributed by atoms with van der Waals surface area (Å²) in [5, 5.41) is 3.61. The van der Waals surface area contributed by atoms with E-state index >= 15 is 0 Å². The van der Waals surface area contributed by atoms with Crippen molar-refractivity contribution in [2.75, 3.05) is 0 Å². The molecule has 5 heteroatoms. The first-order chi connectivity index (χ1) is 13.0. The predicted octanol–water partition coefficient (Wildman–Crippen LogP) is 4.85. The average Bonchev–Trinajstić information content (AvgIpc) is 2.68. The van der Waals surface area contributed by atoms with E-state index in [0.717, 1.165) is 16.7 Å². The standard InChI is InChI=1S/C22H19ClN2O2/c1-15(26)12-21(19-6-3-11-24-14-19)25-22(27)18-5-2-4-17(13-18)16-7-9-20(23)10-8-16/h2-11,13-14,21H,12H2,1H3,(H,25,27). The number of benzene rings is 2. The molecule has 1 heterocycles. The fraction of sp³-hybridized carbons (Fsp3) is 0.136. The van der Waals surface area contributed by atoms with E-state index in [2.05, 4.69) is 10.3 Å². The first-order valence-corrected chi connectivity index (χ1v) is 8.97. The van der Waals surface area contributed by atoms with Gasteiger partial charge in [-0.1, -0.05) is 41.9 Å². The van der Waals surface area contributed by atoms with Crippen molar-refractivity contribution < 1.29 is 9.59 Å². The number of nitrogens with one attached hydrogen (secondary N) is 1. The summed E-state index contributed by atoms with van der Waals surface area (Å²) in [7, 11) is 0. The van der Waals surface area contributed by atoms with E-state index in [0.29, 0.717) is 10.6 Å². The number of Topliss-reactive ketones (excluding diaryl/α,β-unsaturated/α-hetero) is 1. The summed E-state index contributed by atoms with van der Waals surface area (Å²) in [6.07, 6.45) is 3.54. The number of pyridine rings is 1. The van der Waals surface area contributed by atoms with Crippen LogP contribution in [-0.2, 0) is 4.79 Å². The maximum atomic E-state index is 12.8. The van der Waals surface area contributed by atoms with Gasteiger partial charge in [-0.05, 0) is 53.9 Å². The minimum atomic E-state index is -0.414. The highest BCUT2D eigenvalue weighted by atomic mass is 35.5. The molecule has 0 saturated heterocycles. The number of carbonyl (C=O) groups excluding carboxylic acids is 2. The summed E-state index contributed by atoms with van der Waals surface area (Å²) in [4.78, 5) is 28.5. The second-order valence-electron chi connectivity index (χ2n) is 6.31. The molecule has 1 N–H and O–H groups in total. The van der Waals surface area contributed by atoms with Gasteiger partial charge in [0.1, 0.15) is 5.78 Å². The van der Waals surface area contributed by atoms with Gasteiger partial charge in [0, 0.05) is 29.4 Å². The SMILES string of the molecule is CC(=O)CC(NC(=O)c1cccc(-c2ccc(Cl)cc2)c1)c1cccnc1. The van der Waals surface area contributed by atoms with Gasteiger partial charge in [-0.3, -0.25) is 14.6 Å². The maximum absolute atomic E-state index is 12.8. The van der Waals surface area contributed by atoms with E-state index in [4.69, 9.17) is 11.6 Å². The molecule has 0 fully saturated rings. The molecule has 3 aromatic rings. The van der Waals surface area contributed by atoms with Crippen molar-refractivity contribution in [3.05, 3.63) is 89.2 Å². The molecular formula is C22H19ClN2O2. The van der Waals surface area contributed by atoms with Crippen molar-refractivity contribution in [2.45, 2.75) is 19.4 Å². The molecule has 0 aliphatic heterocycles. The van der Waals surface area contributed by atoms with Gasteiger partial charge in [0.05, 0.1) is 6.04 Å². The number of hydrogen-bond donors (Lipinski definition) is 1. The van der Waals surface area contributed by atoms with Crippen LogP contribution in [0, 0.1) is 0 Å². The third-order valence-corrected chi connectivity index (χ3v) is 4.44. The van der Waals surface area contributed by atoms with Crippen LogP contribution in [0.5, 0.6) is 0 Å². The number of rotatable bonds is 6. The quantitative estimate of drug-likeness (QED) is 0.666. The van der Waals surface area contributed by atoms with Gasteiger partial charge >= 0.3 is 0 Å². The average molecular weight is 379 g/mol. The Morgan fingerprint density at radius 3 is 2.48 bits per heavy atom. The van der Waals surface area contributed by atoms with Gasteiger partial charge in [-0.2, -0.15) is 0 Å². The van der Waals surface area contributed by atoms with E-state index in [1.54, 1.807) is 24.5 Å². The molecule has 0 aliphatic carbocycles. The van der Waals surface area contributed by atoms with Crippen LogP contribution in [-0.4, -0.2) is 16.7 Å². The van der Waals surface area contributed by atoms with Crippen LogP contribution in [0.15, 0.2) is 73.1 Å². The van der Waals surface area contributed by atoms with Crippen molar-refractivity contribution in [3.8, 4) is 11.1 Å². The number of halogens is 1. The molecule has 136 valence electrons. The number of ketones is 1. The smallest absolute Gasteiger partial charge is 0.251 e. The third kappa shape index (κ3) is 5.02. The highest BCUT2D eigenvalue weighted by Crippen LogP contribution is 2.23. The molecule has 1 unspecified atom stereocenters. The van der Waals surface area contributed by atoms with E-state index < -0.39 is 6.04 Å². The lowest BCUT2D eigenvalue weighted by Gasteiger charge is -2.18. The molecule has 1 atom stereocenters. The number of carbonyl (C=O) groups is 2. The Balaban J connectivity index is 1.83. The molecule has 3 rings (SSSR count). The molecule has 0 bridgehead atoms. The van der Waals surface area contributed by atoms with Gasteiger partial charge in [0.2, 0.25) is 0 Å². The van der Waals surface area contributed by atoms with Crippen LogP contribution in [0.3, 0.4) is 0 Å². The van der Waals surface area contributed by atoms with E-state index in [9.17, 15) is 9.59 Å². The van der Waals surface area contributed by atoms with Crippen LogP contribution < -0.4 is 5.32 Å². The van der Waals surface area contributed by atoms with Crippen molar-refractivity contribution in [3.63, 3.8) is 0 Å². The molecule has 2 aromatic carbocycles. The summed E-state index contributed by atoms with van der Waals surface area (Å²) in [5.74, 6) is -0.236. The van der Waals surface area contributed by atoms with Gasteiger partial charge in [-0.15, -0.1) is 0 Å². The molecule has 0 saturated carbocycles. The maximum Gasteiger partial charge on any atom is 0.251 e. The Bertz CT molecular complexity index is 940. The second-order valence-corrected chi connectivity index (χ2v) is 6.74. The van der Waals surface area contributed by atoms with Crippen molar-refractivity contribution in [1.82, 2.24) is 10.3 Å². The highest BCUT2D eigenvalue weighted by molar-refractivity contribution is 6.30. The van der Waals surface area contributed by atoms with Crippen LogP contribution in [0.2, 0.25) is 5.02 Å². The number of hydrogen-bond acceptors (Lipinski definition) is 3. The molecule has 27 heavy (non-hydrogen) atoms. The van der Waals surface area contributed by atoms with Gasteiger partial charge in [-0.25, -0.2) is 0 Å². The minimum Gasteiger partial charge on any atom is -0.345 e. The van der Waals surface area contributed by atoms with Crippen LogP contribution in [0.1, 0.15) is 35.3 Å². The first kappa shape index (κ1) is 18.8. The number of nitrogens with zero attached hydrogens (tertiary/aromatic N) is 1. The van der Waals surface area contributed by atoms with Gasteiger partial charge in [0.25, 0.3) is 5.91 Å². The van der Waals surface area contributed by atoms with Crippen LogP contribution in [0.25, 0.3) is 11.1 Å². The molecular weight excluding hydrogens is 360 g/mol. The predicted molar refractivity (Wildman–Crippen MR) is 107 cm³/mol. The van der Waals surface area contributed by atoms with Crippen molar-refractivity contribution in [2.24, 2.45) is 0 Å². The minimum absolute atomic E-state index is 0.000863. The van der Waals surface area contributed by atoms with Crippen LogP contribution >= 0.6 is 11.6 Å². The molecule has 0 radical (unpaired) electrons. The number of amides is 1. The van der Waals surface area contributed by atoms with Crippen molar-refractivity contribution in [1.29, 1.82) is 0 Å². The van der Waals surface area contributed by atoms with E-state index in [1.807, 2.05) is 48.5 Å². The van der Waals surface area contributed by atoms with E-state index in [-0.39, 0.29) is 18.1 Å². The summed E-state index contributed by atoms with van der Waals surface area (Å²) in [6.45, 7) is 1.51. The lowest BCUT2D eigenvalue weighted by atomic mass is 10.0. The Hall–Kier alpha value is -2.98. The fourth-order valence-corrected chi connectivity index (χ4v) is 2.97. The Morgan fingerprint density at radius 1 is 1.04 bits per heavy atom. The first-order valence-electron chi connectivity index (χ1n) is 8.59. The largest absolute Gasteiger partial charge is 0.345 e. The Morgan fingerprint density at radius 2 is 1.81 bits per heavy atom.